The van der Waals surface area contributed by atoms with E-state index in [-0.39, 0.29) is 12.5 Å². The van der Waals surface area contributed by atoms with Crippen LogP contribution in [-0.4, -0.2) is 41.8 Å². The Hall–Kier alpha value is -1.69. The Morgan fingerprint density at radius 2 is 1.89 bits per heavy atom. The lowest BCUT2D eigenvalue weighted by molar-refractivity contribution is -0.145. The second-order valence-electron chi connectivity index (χ2n) is 4.60. The maximum atomic E-state index is 11.9. The molecule has 1 rings (SSSR count). The van der Waals surface area contributed by atoms with Crippen LogP contribution in [0.25, 0.3) is 0 Å². The highest BCUT2D eigenvalue weighted by atomic mass is 16.2. The van der Waals surface area contributed by atoms with E-state index in [1.807, 2.05) is 13.8 Å². The van der Waals surface area contributed by atoms with E-state index >= 15 is 0 Å². The van der Waals surface area contributed by atoms with Crippen LogP contribution in [0.2, 0.25) is 0 Å². The van der Waals surface area contributed by atoms with E-state index in [1.54, 1.807) is 0 Å². The monoisotopic (exact) mass is 253 g/mol. The lowest BCUT2D eigenvalue weighted by Gasteiger charge is -2.24. The van der Waals surface area contributed by atoms with E-state index in [0.29, 0.717) is 12.5 Å². The van der Waals surface area contributed by atoms with Crippen molar-refractivity contribution in [1.29, 1.82) is 0 Å². The minimum Gasteiger partial charge on any atom is -0.354 e. The van der Waals surface area contributed by atoms with Crippen LogP contribution < -0.4 is 11.1 Å². The molecule has 1 unspecified atom stereocenters. The van der Waals surface area contributed by atoms with Crippen LogP contribution in [0.4, 0.5) is 0 Å². The summed E-state index contributed by atoms with van der Waals surface area (Å²) < 4.78 is 0. The van der Waals surface area contributed by atoms with Crippen molar-refractivity contribution in [2.24, 2.45) is 11.7 Å². The summed E-state index contributed by atoms with van der Waals surface area (Å²) in [5.74, 6) is -0.897. The van der Waals surface area contributed by atoms with E-state index < -0.39 is 17.9 Å². The first kappa shape index (κ1) is 14.4. The van der Waals surface area contributed by atoms with Crippen LogP contribution in [0, 0.1) is 5.92 Å². The van der Waals surface area contributed by atoms with Crippen molar-refractivity contribution in [2.75, 3.05) is 13.1 Å². The van der Waals surface area contributed by atoms with Gasteiger partial charge in [-0.15, -0.1) is 0 Å². The van der Waals surface area contributed by atoms with E-state index in [2.05, 4.69) is 5.32 Å². The number of carbonyl (C=O) groups is 3. The number of nitrogens with two attached hydrogens (primary N) is 1. The number of hydrogen-bond acceptors (Lipinski definition) is 4. The molecule has 100 valence electrons. The van der Waals surface area contributed by atoms with Crippen LogP contribution in [0.5, 0.6) is 0 Å². The highest BCUT2D eigenvalue weighted by Crippen LogP contribution is 2.09. The van der Waals surface area contributed by atoms with E-state index in [0.717, 1.165) is 23.5 Å². The molecule has 3 amide bonds. The van der Waals surface area contributed by atoms with Crippen LogP contribution in [0.3, 0.4) is 0 Å². The molecule has 3 N–H and O–H groups in total. The fraction of sp³-hybridized carbons (Fsp3) is 0.583. The predicted octanol–water partition coefficient (Wildman–Crippen LogP) is -0.599. The zero-order valence-electron chi connectivity index (χ0n) is 10.7. The Bertz CT molecular complexity index is 359. The maximum Gasteiger partial charge on any atom is 0.254 e. The number of rotatable bonds is 6. The Morgan fingerprint density at radius 1 is 1.33 bits per heavy atom. The van der Waals surface area contributed by atoms with Gasteiger partial charge in [-0.2, -0.15) is 0 Å². The number of nitrogens with one attached hydrogen (secondary N) is 1. The SMILES string of the molecule is CC(C)CCNC(=O)C(CN)N1C(=O)C=CC1=O. The molecular weight excluding hydrogens is 234 g/mol. The second kappa shape index (κ2) is 6.30. The molecule has 0 aromatic heterocycles. The molecule has 6 nitrogen and oxygen atoms in total. The summed E-state index contributed by atoms with van der Waals surface area (Å²) in [6.07, 6.45) is 3.13. The fourth-order valence-corrected chi connectivity index (χ4v) is 1.65. The minimum absolute atomic E-state index is 0.0767. The van der Waals surface area contributed by atoms with Gasteiger partial charge in [0.15, 0.2) is 0 Å². The molecule has 1 atom stereocenters. The van der Waals surface area contributed by atoms with Gasteiger partial charge >= 0.3 is 0 Å². The molecule has 0 saturated carbocycles. The molecule has 6 heteroatoms. The highest BCUT2D eigenvalue weighted by molar-refractivity contribution is 6.15. The Morgan fingerprint density at radius 3 is 2.33 bits per heavy atom. The number of carbonyl (C=O) groups excluding carboxylic acids is 3. The number of imide groups is 1. The number of nitrogens with zero attached hydrogens (tertiary/aromatic N) is 1. The zero-order chi connectivity index (χ0) is 13.7. The fourth-order valence-electron chi connectivity index (χ4n) is 1.65. The number of hydrogen-bond donors (Lipinski definition) is 2. The van der Waals surface area contributed by atoms with E-state index in [4.69, 9.17) is 5.73 Å². The van der Waals surface area contributed by atoms with Crippen molar-refractivity contribution < 1.29 is 14.4 Å². The first-order valence-electron chi connectivity index (χ1n) is 6.00. The van der Waals surface area contributed by atoms with Gasteiger partial charge < -0.3 is 11.1 Å². The molecule has 1 aliphatic rings. The topological polar surface area (TPSA) is 92.5 Å². The summed E-state index contributed by atoms with van der Waals surface area (Å²) in [7, 11) is 0. The molecule has 18 heavy (non-hydrogen) atoms. The van der Waals surface area contributed by atoms with Crippen molar-refractivity contribution in [3.63, 3.8) is 0 Å². The Kier molecular flexibility index (Phi) is 5.03. The van der Waals surface area contributed by atoms with Gasteiger partial charge in [0.25, 0.3) is 11.8 Å². The van der Waals surface area contributed by atoms with E-state index in [1.165, 1.54) is 0 Å². The van der Waals surface area contributed by atoms with Crippen molar-refractivity contribution in [2.45, 2.75) is 26.3 Å². The summed E-state index contributed by atoms with van der Waals surface area (Å²) in [6.45, 7) is 4.53. The number of amides is 3. The van der Waals surface area contributed by atoms with Gasteiger partial charge in [0.2, 0.25) is 5.91 Å². The van der Waals surface area contributed by atoms with Gasteiger partial charge in [-0.05, 0) is 12.3 Å². The van der Waals surface area contributed by atoms with Crippen molar-refractivity contribution in [3.8, 4) is 0 Å². The summed E-state index contributed by atoms with van der Waals surface area (Å²) in [5, 5.41) is 2.69. The second-order valence-corrected chi connectivity index (χ2v) is 4.60. The van der Waals surface area contributed by atoms with Gasteiger partial charge in [0, 0.05) is 25.2 Å². The first-order chi connectivity index (χ1) is 8.47. The lowest BCUT2D eigenvalue weighted by Crippen LogP contribution is -2.53. The van der Waals surface area contributed by atoms with Gasteiger partial charge in [-0.1, -0.05) is 13.8 Å². The van der Waals surface area contributed by atoms with Crippen LogP contribution in [0.1, 0.15) is 20.3 Å². The molecule has 1 heterocycles. The third-order valence-electron chi connectivity index (χ3n) is 2.70. The molecule has 1 aliphatic heterocycles. The van der Waals surface area contributed by atoms with Crippen molar-refractivity contribution in [1.82, 2.24) is 10.2 Å². The molecule has 0 saturated heterocycles. The molecule has 0 aromatic carbocycles. The molecule has 0 radical (unpaired) electrons. The standard InChI is InChI=1S/C12H19N3O3/c1-8(2)5-6-14-12(18)9(7-13)15-10(16)3-4-11(15)17/h3-4,8-9H,5-7,13H2,1-2H3,(H,14,18). The summed E-state index contributed by atoms with van der Waals surface area (Å²) in [4.78, 5) is 35.7. The van der Waals surface area contributed by atoms with Gasteiger partial charge in [0.05, 0.1) is 0 Å². The largest absolute Gasteiger partial charge is 0.354 e. The quantitative estimate of drug-likeness (QED) is 0.618. The Balaban J connectivity index is 2.58. The van der Waals surface area contributed by atoms with Gasteiger partial charge in [-0.25, -0.2) is 0 Å². The molecule has 0 spiro atoms. The zero-order valence-corrected chi connectivity index (χ0v) is 10.7. The van der Waals surface area contributed by atoms with Crippen molar-refractivity contribution >= 4 is 17.7 Å². The van der Waals surface area contributed by atoms with Crippen LogP contribution in [0.15, 0.2) is 12.2 Å². The van der Waals surface area contributed by atoms with Crippen LogP contribution >= 0.6 is 0 Å². The summed E-state index contributed by atoms with van der Waals surface area (Å²) >= 11 is 0. The van der Waals surface area contributed by atoms with Gasteiger partial charge in [-0.3, -0.25) is 19.3 Å². The van der Waals surface area contributed by atoms with Gasteiger partial charge in [0.1, 0.15) is 6.04 Å². The molecular formula is C12H19N3O3. The maximum absolute atomic E-state index is 11.9. The third-order valence-corrected chi connectivity index (χ3v) is 2.70. The van der Waals surface area contributed by atoms with E-state index in [9.17, 15) is 14.4 Å². The average Bonchev–Trinajstić information content (AvgIpc) is 2.61. The normalized spacial score (nSPS) is 16.6. The summed E-state index contributed by atoms with van der Waals surface area (Å²) in [6, 6.07) is -0.924. The smallest absolute Gasteiger partial charge is 0.254 e. The predicted molar refractivity (Wildman–Crippen MR) is 66.3 cm³/mol. The molecule has 0 aliphatic carbocycles. The Labute approximate surface area is 106 Å². The molecule has 0 bridgehead atoms. The molecule has 0 aromatic rings. The van der Waals surface area contributed by atoms with Crippen molar-refractivity contribution in [3.05, 3.63) is 12.2 Å². The summed E-state index contributed by atoms with van der Waals surface area (Å²) in [5.41, 5.74) is 5.47. The average molecular weight is 253 g/mol. The lowest BCUT2D eigenvalue weighted by atomic mass is 10.1. The molecule has 0 fully saturated rings. The minimum atomic E-state index is -0.924. The van der Waals surface area contributed by atoms with Crippen LogP contribution in [-0.2, 0) is 14.4 Å². The third kappa shape index (κ3) is 3.40. The highest BCUT2D eigenvalue weighted by Gasteiger charge is 2.34. The first-order valence-corrected chi connectivity index (χ1v) is 6.00.